The second-order valence-corrected chi connectivity index (χ2v) is 5.09. The third-order valence-electron chi connectivity index (χ3n) is 3.39. The molecule has 0 aliphatic carbocycles. The second kappa shape index (κ2) is 6.32. The summed E-state index contributed by atoms with van der Waals surface area (Å²) in [7, 11) is 0. The summed E-state index contributed by atoms with van der Waals surface area (Å²) in [5, 5.41) is 7.00. The number of rotatable bonds is 5. The molecule has 1 N–H and O–H groups in total. The third kappa shape index (κ3) is 3.44. The van der Waals surface area contributed by atoms with Crippen LogP contribution in [0.4, 0.5) is 0 Å². The maximum Gasteiger partial charge on any atom is 0.244 e. The molecular weight excluding hydrogens is 252 g/mol. The van der Waals surface area contributed by atoms with E-state index in [0.717, 1.165) is 6.42 Å². The van der Waals surface area contributed by atoms with Gasteiger partial charge in [-0.15, -0.1) is 0 Å². The number of hydrogen-bond donors (Lipinski definition) is 1. The number of aryl methyl sites for hydroxylation is 1. The second-order valence-electron chi connectivity index (χ2n) is 5.09. The fourth-order valence-electron chi connectivity index (χ4n) is 2.12. The smallest absolute Gasteiger partial charge is 0.244 e. The lowest BCUT2D eigenvalue weighted by Crippen LogP contribution is -2.38. The predicted octanol–water partition coefficient (Wildman–Crippen LogP) is 1.89. The highest BCUT2D eigenvalue weighted by molar-refractivity contribution is 5.80. The Kier molecular flexibility index (Phi) is 4.50. The number of carbonyl (C=O) groups is 1. The van der Waals surface area contributed by atoms with Crippen LogP contribution in [-0.2, 0) is 11.2 Å². The van der Waals surface area contributed by atoms with Gasteiger partial charge in [0, 0.05) is 6.04 Å². The van der Waals surface area contributed by atoms with E-state index in [1.165, 1.54) is 17.5 Å². The molecule has 20 heavy (non-hydrogen) atoms. The monoisotopic (exact) mass is 272 g/mol. The van der Waals surface area contributed by atoms with E-state index in [0.29, 0.717) is 0 Å². The predicted molar refractivity (Wildman–Crippen MR) is 77.2 cm³/mol. The normalized spacial score (nSPS) is 13.8. The fraction of sp³-hybridized carbons (Fsp3) is 0.400. The zero-order valence-electron chi connectivity index (χ0n) is 12.1. The highest BCUT2D eigenvalue weighted by Gasteiger charge is 2.17. The maximum absolute atomic E-state index is 12.1. The van der Waals surface area contributed by atoms with Gasteiger partial charge < -0.3 is 5.32 Å². The first kappa shape index (κ1) is 14.2. The topological polar surface area (TPSA) is 59.8 Å². The number of amides is 1. The first-order valence-electron chi connectivity index (χ1n) is 6.77. The van der Waals surface area contributed by atoms with Crippen LogP contribution in [0.3, 0.4) is 0 Å². The average Bonchev–Trinajstić information content (AvgIpc) is 2.94. The van der Waals surface area contributed by atoms with Crippen molar-refractivity contribution in [3.05, 3.63) is 48.0 Å². The van der Waals surface area contributed by atoms with Gasteiger partial charge in [0.25, 0.3) is 0 Å². The maximum atomic E-state index is 12.1. The lowest BCUT2D eigenvalue weighted by Gasteiger charge is -2.18. The molecule has 0 aliphatic rings. The number of nitrogens with zero attached hydrogens (tertiary/aromatic N) is 3. The van der Waals surface area contributed by atoms with Gasteiger partial charge in [-0.1, -0.05) is 24.3 Å². The highest BCUT2D eigenvalue weighted by Crippen LogP contribution is 2.10. The quantitative estimate of drug-likeness (QED) is 0.904. The van der Waals surface area contributed by atoms with E-state index in [-0.39, 0.29) is 18.0 Å². The summed E-state index contributed by atoms with van der Waals surface area (Å²) in [5.41, 5.74) is 2.51. The molecule has 0 aliphatic heterocycles. The lowest BCUT2D eigenvalue weighted by atomic mass is 10.0. The Balaban J connectivity index is 1.93. The van der Waals surface area contributed by atoms with Crippen LogP contribution in [0, 0.1) is 6.92 Å². The van der Waals surface area contributed by atoms with Gasteiger partial charge in [-0.2, -0.15) is 5.10 Å². The Bertz CT molecular complexity index is 565. The van der Waals surface area contributed by atoms with Crippen molar-refractivity contribution in [2.24, 2.45) is 0 Å². The number of hydrogen-bond acceptors (Lipinski definition) is 3. The first-order valence-corrected chi connectivity index (χ1v) is 6.77. The molecule has 106 valence electrons. The van der Waals surface area contributed by atoms with Gasteiger partial charge in [-0.05, 0) is 38.3 Å². The van der Waals surface area contributed by atoms with Crippen molar-refractivity contribution < 1.29 is 4.79 Å². The van der Waals surface area contributed by atoms with E-state index < -0.39 is 0 Å². The molecule has 2 atom stereocenters. The number of nitrogens with one attached hydrogen (secondary N) is 1. The molecule has 0 saturated heterocycles. The van der Waals surface area contributed by atoms with Crippen LogP contribution >= 0.6 is 0 Å². The van der Waals surface area contributed by atoms with Crippen molar-refractivity contribution in [1.29, 1.82) is 0 Å². The molecule has 0 bridgehead atoms. The molecule has 0 saturated carbocycles. The molecule has 5 heteroatoms. The molecule has 1 amide bonds. The van der Waals surface area contributed by atoms with Crippen LogP contribution in [0.1, 0.15) is 31.0 Å². The van der Waals surface area contributed by atoms with Gasteiger partial charge in [0.15, 0.2) is 0 Å². The Morgan fingerprint density at radius 2 is 2.10 bits per heavy atom. The first-order chi connectivity index (χ1) is 9.58. The van der Waals surface area contributed by atoms with Gasteiger partial charge in [-0.3, -0.25) is 4.79 Å². The number of benzene rings is 1. The zero-order valence-corrected chi connectivity index (χ0v) is 12.1. The van der Waals surface area contributed by atoms with Crippen molar-refractivity contribution in [3.8, 4) is 0 Å². The fourth-order valence-corrected chi connectivity index (χ4v) is 2.12. The molecule has 1 aromatic heterocycles. The van der Waals surface area contributed by atoms with Crippen molar-refractivity contribution in [2.45, 2.75) is 39.3 Å². The van der Waals surface area contributed by atoms with Crippen LogP contribution in [0.25, 0.3) is 0 Å². The summed E-state index contributed by atoms with van der Waals surface area (Å²) < 4.78 is 1.55. The van der Waals surface area contributed by atoms with E-state index in [9.17, 15) is 4.79 Å². The van der Waals surface area contributed by atoms with Crippen molar-refractivity contribution >= 4 is 5.91 Å². The van der Waals surface area contributed by atoms with Gasteiger partial charge in [-0.25, -0.2) is 9.67 Å². The van der Waals surface area contributed by atoms with Gasteiger partial charge in [0.1, 0.15) is 18.7 Å². The Morgan fingerprint density at radius 1 is 1.35 bits per heavy atom. The Morgan fingerprint density at radius 3 is 2.75 bits per heavy atom. The molecule has 0 unspecified atom stereocenters. The van der Waals surface area contributed by atoms with Crippen molar-refractivity contribution in [2.75, 3.05) is 0 Å². The molecule has 0 fully saturated rings. The molecule has 1 aromatic carbocycles. The van der Waals surface area contributed by atoms with E-state index in [2.05, 4.69) is 34.5 Å². The van der Waals surface area contributed by atoms with E-state index in [1.54, 1.807) is 11.0 Å². The largest absolute Gasteiger partial charge is 0.351 e. The third-order valence-corrected chi connectivity index (χ3v) is 3.39. The molecule has 5 nitrogen and oxygen atoms in total. The van der Waals surface area contributed by atoms with Crippen molar-refractivity contribution in [3.63, 3.8) is 0 Å². The minimum Gasteiger partial charge on any atom is -0.351 e. The summed E-state index contributed by atoms with van der Waals surface area (Å²) in [6, 6.07) is 7.95. The number of aromatic nitrogens is 3. The molecule has 2 rings (SSSR count). The van der Waals surface area contributed by atoms with Crippen LogP contribution in [0.2, 0.25) is 0 Å². The van der Waals surface area contributed by atoms with Crippen LogP contribution in [0.5, 0.6) is 0 Å². The minimum absolute atomic E-state index is 0.0448. The Labute approximate surface area is 119 Å². The van der Waals surface area contributed by atoms with Crippen LogP contribution in [-0.4, -0.2) is 26.7 Å². The van der Waals surface area contributed by atoms with Gasteiger partial charge in [0.2, 0.25) is 5.91 Å². The average molecular weight is 272 g/mol. The number of carbonyl (C=O) groups excluding carboxylic acids is 1. The molecule has 0 spiro atoms. The summed E-state index contributed by atoms with van der Waals surface area (Å²) in [5.74, 6) is -0.0448. The minimum atomic E-state index is -0.350. The van der Waals surface area contributed by atoms with Gasteiger partial charge in [0.05, 0.1) is 0 Å². The summed E-state index contributed by atoms with van der Waals surface area (Å²) in [4.78, 5) is 16.0. The standard InChI is InChI=1S/C15H20N4O/c1-11-6-4-5-7-14(11)8-12(2)18-15(20)13(3)19-10-16-9-17-19/h4-7,9-10,12-13H,8H2,1-3H3,(H,18,20)/t12-,13-/m0/s1. The lowest BCUT2D eigenvalue weighted by molar-refractivity contribution is -0.124. The zero-order chi connectivity index (χ0) is 14.5. The summed E-state index contributed by atoms with van der Waals surface area (Å²) >= 11 is 0. The SMILES string of the molecule is Cc1ccccc1C[C@H](C)NC(=O)[C@H](C)n1cncn1. The molecule has 1 heterocycles. The molecular formula is C15H20N4O. The summed E-state index contributed by atoms with van der Waals surface area (Å²) in [6.45, 7) is 5.91. The van der Waals surface area contributed by atoms with E-state index >= 15 is 0 Å². The Hall–Kier alpha value is -2.17. The van der Waals surface area contributed by atoms with E-state index in [4.69, 9.17) is 0 Å². The van der Waals surface area contributed by atoms with Crippen LogP contribution < -0.4 is 5.32 Å². The summed E-state index contributed by atoms with van der Waals surface area (Å²) in [6.07, 6.45) is 3.80. The van der Waals surface area contributed by atoms with Crippen molar-refractivity contribution in [1.82, 2.24) is 20.1 Å². The molecule has 2 aromatic rings. The van der Waals surface area contributed by atoms with E-state index in [1.807, 2.05) is 26.0 Å². The molecule has 0 radical (unpaired) electrons. The van der Waals surface area contributed by atoms with Crippen LogP contribution in [0.15, 0.2) is 36.9 Å². The highest BCUT2D eigenvalue weighted by atomic mass is 16.2. The van der Waals surface area contributed by atoms with Gasteiger partial charge >= 0.3 is 0 Å².